The van der Waals surface area contributed by atoms with E-state index in [4.69, 9.17) is 11.6 Å². The quantitative estimate of drug-likeness (QED) is 0.822. The van der Waals surface area contributed by atoms with E-state index in [1.165, 1.54) is 4.90 Å². The second kappa shape index (κ2) is 5.61. The molecule has 1 atom stereocenters. The number of rotatable bonds is 4. The number of likely N-dealkylation sites (tertiary alicyclic amines) is 1. The highest BCUT2D eigenvalue weighted by Crippen LogP contribution is 2.38. The minimum absolute atomic E-state index is 0.0178. The Bertz CT molecular complexity index is 370. The first-order valence-corrected chi connectivity index (χ1v) is 6.27. The van der Waals surface area contributed by atoms with Crippen molar-refractivity contribution in [2.45, 2.75) is 20.3 Å². The molecule has 2 amide bonds. The Kier molecular flexibility index (Phi) is 4.62. The van der Waals surface area contributed by atoms with Gasteiger partial charge in [0, 0.05) is 18.1 Å². The number of carbonyl (C=O) groups excluding carboxylic acids is 1. The van der Waals surface area contributed by atoms with Crippen LogP contribution in [0.25, 0.3) is 0 Å². The van der Waals surface area contributed by atoms with Crippen molar-refractivity contribution < 1.29 is 14.7 Å². The Hall–Kier alpha value is -1.23. The number of carbonyl (C=O) groups is 2. The fourth-order valence-electron chi connectivity index (χ4n) is 2.18. The van der Waals surface area contributed by atoms with Crippen LogP contribution in [0.4, 0.5) is 4.79 Å². The molecule has 5 nitrogen and oxygen atoms in total. The van der Waals surface area contributed by atoms with Gasteiger partial charge in [0.1, 0.15) is 0 Å². The van der Waals surface area contributed by atoms with Crippen molar-refractivity contribution in [3.8, 4) is 0 Å². The minimum atomic E-state index is -0.838. The summed E-state index contributed by atoms with van der Waals surface area (Å²) in [6.07, 6.45) is 0.481. The van der Waals surface area contributed by atoms with Crippen molar-refractivity contribution in [3.63, 3.8) is 0 Å². The summed E-state index contributed by atoms with van der Waals surface area (Å²) >= 11 is 5.56. The van der Waals surface area contributed by atoms with Crippen LogP contribution in [0.15, 0.2) is 11.6 Å². The third-order valence-electron chi connectivity index (χ3n) is 3.55. The predicted octanol–water partition coefficient (Wildman–Crippen LogP) is 1.88. The zero-order chi connectivity index (χ0) is 13.9. The summed E-state index contributed by atoms with van der Waals surface area (Å²) in [7, 11) is 0. The normalized spacial score (nSPS) is 23.2. The number of urea groups is 1. The molecule has 0 aromatic heterocycles. The number of nitrogens with one attached hydrogen (secondary N) is 1. The predicted molar refractivity (Wildman–Crippen MR) is 69.5 cm³/mol. The third kappa shape index (κ3) is 2.96. The maximum Gasteiger partial charge on any atom is 0.317 e. The van der Waals surface area contributed by atoms with Crippen LogP contribution in [-0.2, 0) is 4.79 Å². The van der Waals surface area contributed by atoms with Crippen LogP contribution in [0.1, 0.15) is 20.3 Å². The van der Waals surface area contributed by atoms with Gasteiger partial charge >= 0.3 is 12.0 Å². The number of nitrogens with zero attached hydrogens (tertiary/aromatic N) is 1. The first-order chi connectivity index (χ1) is 8.29. The number of hydrogen-bond donors (Lipinski definition) is 2. The van der Waals surface area contributed by atoms with Crippen LogP contribution >= 0.6 is 11.6 Å². The van der Waals surface area contributed by atoms with Gasteiger partial charge in [-0.15, -0.1) is 0 Å². The number of carboxylic acids is 1. The van der Waals surface area contributed by atoms with Crippen molar-refractivity contribution in [2.75, 3.05) is 19.6 Å². The fraction of sp³-hybridized carbons (Fsp3) is 0.667. The SMILES string of the molecule is C=C(Cl)CNC(=O)N1CCC(C(=O)O)(C(C)C)C1. The molecule has 1 saturated heterocycles. The van der Waals surface area contributed by atoms with E-state index in [-0.39, 0.29) is 25.0 Å². The Morgan fingerprint density at radius 1 is 1.56 bits per heavy atom. The number of halogens is 1. The lowest BCUT2D eigenvalue weighted by molar-refractivity contribution is -0.150. The fourth-order valence-corrected chi connectivity index (χ4v) is 2.25. The molecule has 102 valence electrons. The molecule has 0 saturated carbocycles. The molecule has 6 heteroatoms. The smallest absolute Gasteiger partial charge is 0.317 e. The van der Waals surface area contributed by atoms with Crippen LogP contribution in [0.2, 0.25) is 0 Å². The van der Waals surface area contributed by atoms with Crippen LogP contribution in [-0.4, -0.2) is 41.6 Å². The van der Waals surface area contributed by atoms with E-state index in [1.54, 1.807) is 0 Å². The maximum atomic E-state index is 11.8. The first kappa shape index (κ1) is 14.8. The molecule has 1 aliphatic rings. The van der Waals surface area contributed by atoms with E-state index in [2.05, 4.69) is 11.9 Å². The molecule has 0 bridgehead atoms. The highest BCUT2D eigenvalue weighted by molar-refractivity contribution is 6.29. The van der Waals surface area contributed by atoms with Gasteiger partial charge in [-0.2, -0.15) is 0 Å². The molecule has 0 aromatic rings. The van der Waals surface area contributed by atoms with Crippen molar-refractivity contribution >= 4 is 23.6 Å². The van der Waals surface area contributed by atoms with Crippen molar-refractivity contribution in [1.29, 1.82) is 0 Å². The summed E-state index contributed by atoms with van der Waals surface area (Å²) in [5.41, 5.74) is -0.838. The zero-order valence-corrected chi connectivity index (χ0v) is 11.5. The Morgan fingerprint density at radius 3 is 2.56 bits per heavy atom. The van der Waals surface area contributed by atoms with Crippen LogP contribution < -0.4 is 5.32 Å². The molecule has 0 spiro atoms. The molecule has 0 aliphatic carbocycles. The van der Waals surface area contributed by atoms with Gasteiger partial charge in [-0.1, -0.05) is 32.0 Å². The summed E-state index contributed by atoms with van der Waals surface area (Å²) in [6, 6.07) is -0.291. The largest absolute Gasteiger partial charge is 0.481 e. The second-order valence-corrected chi connectivity index (χ2v) is 5.50. The van der Waals surface area contributed by atoms with E-state index in [0.29, 0.717) is 18.0 Å². The van der Waals surface area contributed by atoms with Gasteiger partial charge in [-0.3, -0.25) is 4.79 Å². The summed E-state index contributed by atoms with van der Waals surface area (Å²) in [5, 5.41) is 12.3. The highest BCUT2D eigenvalue weighted by atomic mass is 35.5. The number of aliphatic carboxylic acids is 1. The van der Waals surface area contributed by atoms with Crippen LogP contribution in [0.3, 0.4) is 0 Å². The van der Waals surface area contributed by atoms with E-state index in [0.717, 1.165) is 0 Å². The molecule has 0 radical (unpaired) electrons. The minimum Gasteiger partial charge on any atom is -0.481 e. The molecule has 1 unspecified atom stereocenters. The van der Waals surface area contributed by atoms with Gasteiger partial charge in [-0.05, 0) is 12.3 Å². The third-order valence-corrected chi connectivity index (χ3v) is 3.68. The Labute approximate surface area is 112 Å². The molecule has 0 aromatic carbocycles. The molecular weight excluding hydrogens is 256 g/mol. The topological polar surface area (TPSA) is 69.6 Å². The summed E-state index contributed by atoms with van der Waals surface area (Å²) in [4.78, 5) is 24.7. The standard InChI is InChI=1S/C12H19ClN2O3/c1-8(2)12(10(16)17)4-5-15(7-12)11(18)14-6-9(3)13/h8H,3-7H2,1-2H3,(H,14,18)(H,16,17). The summed E-state index contributed by atoms with van der Waals surface area (Å²) < 4.78 is 0. The number of hydrogen-bond acceptors (Lipinski definition) is 2. The van der Waals surface area contributed by atoms with E-state index >= 15 is 0 Å². The van der Waals surface area contributed by atoms with Gasteiger partial charge in [0.25, 0.3) is 0 Å². The van der Waals surface area contributed by atoms with Gasteiger partial charge in [0.15, 0.2) is 0 Å². The lowest BCUT2D eigenvalue weighted by Crippen LogP contribution is -2.44. The highest BCUT2D eigenvalue weighted by Gasteiger charge is 2.48. The molecule has 1 rings (SSSR count). The van der Waals surface area contributed by atoms with Crippen molar-refractivity contribution in [2.24, 2.45) is 11.3 Å². The number of carboxylic acid groups (broad SMARTS) is 1. The van der Waals surface area contributed by atoms with Gasteiger partial charge in [-0.25, -0.2) is 4.79 Å². The summed E-state index contributed by atoms with van der Waals surface area (Å²) in [5.74, 6) is -0.856. The van der Waals surface area contributed by atoms with E-state index in [9.17, 15) is 14.7 Å². The number of amides is 2. The van der Waals surface area contributed by atoms with Crippen molar-refractivity contribution in [3.05, 3.63) is 11.6 Å². The molecule has 1 fully saturated rings. The monoisotopic (exact) mass is 274 g/mol. The lowest BCUT2D eigenvalue weighted by atomic mass is 9.76. The van der Waals surface area contributed by atoms with Gasteiger partial charge < -0.3 is 15.3 Å². The molecule has 1 aliphatic heterocycles. The van der Waals surface area contributed by atoms with Crippen molar-refractivity contribution in [1.82, 2.24) is 10.2 Å². The Balaban J connectivity index is 2.67. The average molecular weight is 275 g/mol. The second-order valence-electron chi connectivity index (χ2n) is 4.96. The molecule has 2 N–H and O–H groups in total. The first-order valence-electron chi connectivity index (χ1n) is 5.89. The van der Waals surface area contributed by atoms with E-state index in [1.807, 2.05) is 13.8 Å². The molecule has 18 heavy (non-hydrogen) atoms. The van der Waals surface area contributed by atoms with Crippen LogP contribution in [0.5, 0.6) is 0 Å². The maximum absolute atomic E-state index is 11.8. The zero-order valence-electron chi connectivity index (χ0n) is 10.7. The molecule has 1 heterocycles. The Morgan fingerprint density at radius 2 is 2.17 bits per heavy atom. The van der Waals surface area contributed by atoms with Gasteiger partial charge in [0.05, 0.1) is 12.0 Å². The lowest BCUT2D eigenvalue weighted by Gasteiger charge is -2.28. The van der Waals surface area contributed by atoms with Crippen LogP contribution in [0, 0.1) is 11.3 Å². The summed E-state index contributed by atoms with van der Waals surface area (Å²) in [6.45, 7) is 8.10. The van der Waals surface area contributed by atoms with Gasteiger partial charge in [0.2, 0.25) is 0 Å². The van der Waals surface area contributed by atoms with E-state index < -0.39 is 11.4 Å². The average Bonchev–Trinajstić information content (AvgIpc) is 2.71. The molecular formula is C12H19ClN2O3.